The molecule has 1 aliphatic rings. The van der Waals surface area contributed by atoms with Gasteiger partial charge >= 0.3 is 0 Å². The maximum Gasteiger partial charge on any atom is 0.122 e. The molecule has 2 heterocycles. The summed E-state index contributed by atoms with van der Waals surface area (Å²) >= 11 is 0. The van der Waals surface area contributed by atoms with Gasteiger partial charge in [-0.1, -0.05) is 36.4 Å². The van der Waals surface area contributed by atoms with Gasteiger partial charge in [0.15, 0.2) is 0 Å². The number of halogens is 1. The van der Waals surface area contributed by atoms with Crippen LogP contribution in [0.4, 0.5) is 0 Å². The highest BCUT2D eigenvalue weighted by Crippen LogP contribution is 2.33. The van der Waals surface area contributed by atoms with Crippen molar-refractivity contribution in [3.8, 4) is 5.75 Å². The Morgan fingerprint density at radius 1 is 1.11 bits per heavy atom. The molecular weight excluding hydrogens is 372 g/mol. The van der Waals surface area contributed by atoms with Gasteiger partial charge in [0.05, 0.1) is 0 Å². The van der Waals surface area contributed by atoms with E-state index in [1.807, 2.05) is 31.2 Å². The van der Waals surface area contributed by atoms with E-state index in [1.54, 1.807) is 0 Å². The van der Waals surface area contributed by atoms with E-state index in [1.165, 1.54) is 16.5 Å². The van der Waals surface area contributed by atoms with Crippen molar-refractivity contribution < 1.29 is 9.84 Å². The average molecular weight is 401 g/mol. The maximum atomic E-state index is 10.4. The van der Waals surface area contributed by atoms with Crippen LogP contribution in [0, 0.1) is 6.92 Å². The Morgan fingerprint density at radius 2 is 1.82 bits per heavy atom. The fraction of sp³-hybridized carbons (Fsp3) is 0.391. The molecule has 28 heavy (non-hydrogen) atoms. The predicted molar refractivity (Wildman–Crippen MR) is 117 cm³/mol. The number of benzene rings is 2. The Bertz CT molecular complexity index is 887. The third kappa shape index (κ3) is 4.69. The lowest BCUT2D eigenvalue weighted by atomic mass is 9.89. The summed E-state index contributed by atoms with van der Waals surface area (Å²) in [5, 5.41) is 11.7. The number of nitrogens with zero attached hydrogens (tertiary/aromatic N) is 1. The van der Waals surface area contributed by atoms with E-state index in [4.69, 9.17) is 4.74 Å². The summed E-state index contributed by atoms with van der Waals surface area (Å²) < 4.78 is 5.79. The zero-order chi connectivity index (χ0) is 18.6. The molecule has 5 heteroatoms. The number of H-pyrrole nitrogens is 1. The molecule has 1 saturated heterocycles. The van der Waals surface area contributed by atoms with Crippen molar-refractivity contribution >= 4 is 23.3 Å². The number of rotatable bonds is 6. The molecule has 150 valence electrons. The van der Waals surface area contributed by atoms with Gasteiger partial charge in [0, 0.05) is 23.6 Å². The summed E-state index contributed by atoms with van der Waals surface area (Å²) in [4.78, 5) is 5.75. The smallest absolute Gasteiger partial charge is 0.122 e. The van der Waals surface area contributed by atoms with Gasteiger partial charge in [-0.2, -0.15) is 0 Å². The molecule has 0 spiro atoms. The number of aliphatic hydroxyl groups excluding tert-OH is 1. The minimum absolute atomic E-state index is 0. The number of aliphatic hydroxyl groups is 1. The minimum Gasteiger partial charge on any atom is -0.491 e. The largest absolute Gasteiger partial charge is 0.491 e. The van der Waals surface area contributed by atoms with E-state index in [-0.39, 0.29) is 12.4 Å². The van der Waals surface area contributed by atoms with Crippen LogP contribution < -0.4 is 4.74 Å². The zero-order valence-corrected chi connectivity index (χ0v) is 17.1. The third-order valence-corrected chi connectivity index (χ3v) is 5.64. The van der Waals surface area contributed by atoms with Crippen molar-refractivity contribution in [1.82, 2.24) is 9.88 Å². The van der Waals surface area contributed by atoms with E-state index in [0.29, 0.717) is 19.1 Å². The highest BCUT2D eigenvalue weighted by Gasteiger charge is 2.24. The molecule has 0 bridgehead atoms. The number of likely N-dealkylation sites (tertiary alicyclic amines) is 1. The Balaban J connectivity index is 0.00000225. The first-order chi connectivity index (χ1) is 13.2. The lowest BCUT2D eigenvalue weighted by Gasteiger charge is -2.33. The van der Waals surface area contributed by atoms with Crippen LogP contribution in [0.3, 0.4) is 0 Å². The van der Waals surface area contributed by atoms with Crippen molar-refractivity contribution in [2.24, 2.45) is 0 Å². The number of ether oxygens (including phenoxy) is 1. The average Bonchev–Trinajstić information content (AvgIpc) is 3.12. The number of hydrogen-bond acceptors (Lipinski definition) is 3. The number of aromatic nitrogens is 1. The molecule has 1 atom stereocenters. The van der Waals surface area contributed by atoms with E-state index in [2.05, 4.69) is 40.3 Å². The minimum atomic E-state index is -0.464. The Hall–Kier alpha value is -2.01. The topological polar surface area (TPSA) is 48.5 Å². The van der Waals surface area contributed by atoms with Gasteiger partial charge < -0.3 is 19.7 Å². The summed E-state index contributed by atoms with van der Waals surface area (Å²) in [6.45, 7) is 5.08. The highest BCUT2D eigenvalue weighted by molar-refractivity contribution is 5.85. The summed E-state index contributed by atoms with van der Waals surface area (Å²) in [7, 11) is 0. The summed E-state index contributed by atoms with van der Waals surface area (Å²) in [5.41, 5.74) is 3.76. The predicted octanol–water partition coefficient (Wildman–Crippen LogP) is 4.52. The van der Waals surface area contributed by atoms with Crippen molar-refractivity contribution in [3.05, 3.63) is 65.9 Å². The molecule has 2 N–H and O–H groups in total. The number of para-hydroxylation sites is 2. The summed E-state index contributed by atoms with van der Waals surface area (Å²) in [5.74, 6) is 1.45. The second-order valence-electron chi connectivity index (χ2n) is 7.59. The second-order valence-corrected chi connectivity index (χ2v) is 7.59. The lowest BCUT2D eigenvalue weighted by molar-refractivity contribution is 0.0593. The number of hydrogen-bond donors (Lipinski definition) is 2. The van der Waals surface area contributed by atoms with Gasteiger partial charge in [0.2, 0.25) is 0 Å². The molecule has 4 nitrogen and oxygen atoms in total. The molecular formula is C23H29ClN2O2. The van der Waals surface area contributed by atoms with Gasteiger partial charge in [0.1, 0.15) is 18.5 Å². The van der Waals surface area contributed by atoms with E-state index >= 15 is 0 Å². The van der Waals surface area contributed by atoms with Crippen molar-refractivity contribution in [3.63, 3.8) is 0 Å². The van der Waals surface area contributed by atoms with Crippen LogP contribution >= 0.6 is 12.4 Å². The van der Waals surface area contributed by atoms with Crippen LogP contribution in [0.5, 0.6) is 5.75 Å². The molecule has 4 rings (SSSR count). The second kappa shape index (κ2) is 9.46. The van der Waals surface area contributed by atoms with Crippen LogP contribution in [0.1, 0.15) is 29.9 Å². The molecule has 3 aromatic rings. The SMILES string of the molecule is Cc1ccccc1OCC(O)CN1CCC(c2c[nH]c3ccccc23)CC1.Cl. The third-order valence-electron chi connectivity index (χ3n) is 5.64. The number of β-amino-alcohol motifs (C(OH)–C–C–N with tert-alkyl or cyclic N) is 1. The van der Waals surface area contributed by atoms with E-state index in [9.17, 15) is 5.11 Å². The molecule has 1 unspecified atom stereocenters. The quantitative estimate of drug-likeness (QED) is 0.639. The Kier molecular flexibility index (Phi) is 7.00. The molecule has 0 aliphatic carbocycles. The number of aromatic amines is 1. The van der Waals surface area contributed by atoms with Gasteiger partial charge in [-0.3, -0.25) is 0 Å². The molecule has 0 amide bonds. The fourth-order valence-electron chi connectivity index (χ4n) is 4.11. The Morgan fingerprint density at radius 3 is 2.61 bits per heavy atom. The first-order valence-electron chi connectivity index (χ1n) is 9.85. The van der Waals surface area contributed by atoms with E-state index < -0.39 is 6.10 Å². The molecule has 0 saturated carbocycles. The lowest BCUT2D eigenvalue weighted by Crippen LogP contribution is -2.40. The molecule has 1 fully saturated rings. The van der Waals surface area contributed by atoms with Crippen LogP contribution in [0.2, 0.25) is 0 Å². The van der Waals surface area contributed by atoms with Crippen LogP contribution in [0.25, 0.3) is 10.9 Å². The van der Waals surface area contributed by atoms with Gasteiger partial charge in [-0.15, -0.1) is 12.4 Å². The van der Waals surface area contributed by atoms with Gasteiger partial charge in [0.25, 0.3) is 0 Å². The van der Waals surface area contributed by atoms with Crippen molar-refractivity contribution in [1.29, 1.82) is 0 Å². The zero-order valence-electron chi connectivity index (χ0n) is 16.3. The summed E-state index contributed by atoms with van der Waals surface area (Å²) in [6, 6.07) is 16.5. The number of piperidine rings is 1. The first-order valence-corrected chi connectivity index (χ1v) is 9.85. The van der Waals surface area contributed by atoms with Crippen LogP contribution in [-0.4, -0.2) is 47.3 Å². The highest BCUT2D eigenvalue weighted by atomic mass is 35.5. The number of nitrogens with one attached hydrogen (secondary N) is 1. The van der Waals surface area contributed by atoms with Crippen molar-refractivity contribution in [2.45, 2.75) is 31.8 Å². The normalized spacial score (nSPS) is 16.6. The fourth-order valence-corrected chi connectivity index (χ4v) is 4.11. The molecule has 1 aliphatic heterocycles. The Labute approximate surface area is 172 Å². The molecule has 2 aromatic carbocycles. The van der Waals surface area contributed by atoms with Gasteiger partial charge in [-0.25, -0.2) is 0 Å². The van der Waals surface area contributed by atoms with Gasteiger partial charge in [-0.05, 0) is 62.0 Å². The number of aryl methyl sites for hydroxylation is 1. The van der Waals surface area contributed by atoms with Crippen LogP contribution in [0.15, 0.2) is 54.7 Å². The first kappa shape index (κ1) is 20.7. The molecule has 0 radical (unpaired) electrons. The standard InChI is InChI=1S/C23H28N2O2.ClH/c1-17-6-2-5-9-23(17)27-16-19(26)15-25-12-10-18(11-13-25)21-14-24-22-8-4-3-7-20(21)22;/h2-9,14,18-19,24,26H,10-13,15-16H2,1H3;1H. The van der Waals surface area contributed by atoms with Crippen LogP contribution in [-0.2, 0) is 0 Å². The number of fused-ring (bicyclic) bond motifs is 1. The molecule has 1 aromatic heterocycles. The summed E-state index contributed by atoms with van der Waals surface area (Å²) in [6.07, 6.45) is 3.98. The monoisotopic (exact) mass is 400 g/mol. The van der Waals surface area contributed by atoms with Crippen molar-refractivity contribution in [2.75, 3.05) is 26.2 Å². The maximum absolute atomic E-state index is 10.4. The van der Waals surface area contributed by atoms with E-state index in [0.717, 1.165) is 37.2 Å².